The molecule has 1 aromatic heterocycles. The number of likely N-dealkylation sites (tertiary alicyclic amines) is 1. The van der Waals surface area contributed by atoms with Gasteiger partial charge in [0.2, 0.25) is 0 Å². The van der Waals surface area contributed by atoms with Gasteiger partial charge in [0.25, 0.3) is 5.56 Å². The summed E-state index contributed by atoms with van der Waals surface area (Å²) in [5, 5.41) is 0. The van der Waals surface area contributed by atoms with Crippen molar-refractivity contribution >= 4 is 5.97 Å². The number of aromatic nitrogens is 1. The smallest absolute Gasteiger partial charge is 0.329 e. The standard InChI is InChI=1S/C18H26F2N2O3/c1-4-25-18(24)16(7-12(2)3)22-9-13(8-15(20)17(22)23)5-6-21-10-14(19)11-21/h8-9,12,14,16H,4-7,10-11H2,1-3H3. The molecule has 25 heavy (non-hydrogen) atoms. The summed E-state index contributed by atoms with van der Waals surface area (Å²) in [6.45, 7) is 7.11. The van der Waals surface area contributed by atoms with E-state index in [0.29, 0.717) is 38.0 Å². The quantitative estimate of drug-likeness (QED) is 0.671. The van der Waals surface area contributed by atoms with Crippen molar-refractivity contribution < 1.29 is 18.3 Å². The van der Waals surface area contributed by atoms with Crippen molar-refractivity contribution in [3.8, 4) is 0 Å². The van der Waals surface area contributed by atoms with Crippen molar-refractivity contribution in [2.24, 2.45) is 5.92 Å². The van der Waals surface area contributed by atoms with E-state index in [1.807, 2.05) is 18.7 Å². The first-order valence-electron chi connectivity index (χ1n) is 8.75. The highest BCUT2D eigenvalue weighted by Gasteiger charge is 2.27. The highest BCUT2D eigenvalue weighted by molar-refractivity contribution is 5.74. The van der Waals surface area contributed by atoms with Gasteiger partial charge in [0, 0.05) is 25.8 Å². The zero-order valence-corrected chi connectivity index (χ0v) is 15.0. The number of ether oxygens (including phenoxy) is 1. The maximum atomic E-state index is 14.1. The van der Waals surface area contributed by atoms with Gasteiger partial charge in [0.05, 0.1) is 6.61 Å². The molecule has 0 spiro atoms. The Labute approximate surface area is 146 Å². The molecule has 7 heteroatoms. The average Bonchev–Trinajstić information content (AvgIpc) is 2.51. The van der Waals surface area contributed by atoms with Gasteiger partial charge in [-0.15, -0.1) is 0 Å². The minimum absolute atomic E-state index is 0.135. The SMILES string of the molecule is CCOC(=O)C(CC(C)C)n1cc(CCN2CC(F)C2)cc(F)c1=O. The Morgan fingerprint density at radius 1 is 1.40 bits per heavy atom. The van der Waals surface area contributed by atoms with Gasteiger partial charge in [0.15, 0.2) is 5.82 Å². The summed E-state index contributed by atoms with van der Waals surface area (Å²) in [5.41, 5.74) is -0.215. The van der Waals surface area contributed by atoms with Crippen LogP contribution in [-0.2, 0) is 16.0 Å². The maximum Gasteiger partial charge on any atom is 0.329 e. The van der Waals surface area contributed by atoms with Gasteiger partial charge in [0.1, 0.15) is 12.2 Å². The van der Waals surface area contributed by atoms with Crippen LogP contribution in [0.1, 0.15) is 38.8 Å². The monoisotopic (exact) mass is 356 g/mol. The van der Waals surface area contributed by atoms with Crippen molar-refractivity contribution in [2.75, 3.05) is 26.2 Å². The normalized spacial score (nSPS) is 16.7. The number of carbonyl (C=O) groups is 1. The van der Waals surface area contributed by atoms with Crippen LogP contribution in [0.25, 0.3) is 0 Å². The van der Waals surface area contributed by atoms with Gasteiger partial charge in [-0.3, -0.25) is 14.3 Å². The molecule has 2 heterocycles. The lowest BCUT2D eigenvalue weighted by Gasteiger charge is -2.34. The zero-order chi connectivity index (χ0) is 18.6. The topological polar surface area (TPSA) is 51.5 Å². The summed E-state index contributed by atoms with van der Waals surface area (Å²) in [5.74, 6) is -1.28. The van der Waals surface area contributed by atoms with Crippen LogP contribution in [-0.4, -0.2) is 47.8 Å². The molecule has 0 saturated carbocycles. The van der Waals surface area contributed by atoms with E-state index < -0.39 is 29.6 Å². The van der Waals surface area contributed by atoms with E-state index in [4.69, 9.17) is 4.74 Å². The summed E-state index contributed by atoms with van der Waals surface area (Å²) in [6, 6.07) is 0.351. The van der Waals surface area contributed by atoms with E-state index in [9.17, 15) is 18.4 Å². The molecule has 1 aliphatic heterocycles. The van der Waals surface area contributed by atoms with Crippen LogP contribution in [0, 0.1) is 11.7 Å². The van der Waals surface area contributed by atoms with Crippen LogP contribution in [0.3, 0.4) is 0 Å². The minimum Gasteiger partial charge on any atom is -0.464 e. The van der Waals surface area contributed by atoms with E-state index in [1.165, 1.54) is 12.3 Å². The molecule has 0 radical (unpaired) electrons. The maximum absolute atomic E-state index is 14.1. The number of rotatable bonds is 8. The Kier molecular flexibility index (Phi) is 6.70. The van der Waals surface area contributed by atoms with Gasteiger partial charge in [-0.25, -0.2) is 13.6 Å². The molecule has 1 saturated heterocycles. The Morgan fingerprint density at radius 2 is 2.08 bits per heavy atom. The van der Waals surface area contributed by atoms with Gasteiger partial charge >= 0.3 is 5.97 Å². The summed E-state index contributed by atoms with van der Waals surface area (Å²) in [7, 11) is 0. The second kappa shape index (κ2) is 8.56. The van der Waals surface area contributed by atoms with Crippen molar-refractivity contribution in [1.82, 2.24) is 9.47 Å². The Hall–Kier alpha value is -1.76. The van der Waals surface area contributed by atoms with E-state index in [2.05, 4.69) is 0 Å². The van der Waals surface area contributed by atoms with Gasteiger partial charge in [-0.1, -0.05) is 13.8 Å². The largest absolute Gasteiger partial charge is 0.464 e. The molecule has 1 unspecified atom stereocenters. The number of hydrogen-bond acceptors (Lipinski definition) is 4. The van der Waals surface area contributed by atoms with Gasteiger partial charge < -0.3 is 4.74 Å². The third-order valence-electron chi connectivity index (χ3n) is 4.27. The third-order valence-corrected chi connectivity index (χ3v) is 4.27. The first-order valence-corrected chi connectivity index (χ1v) is 8.75. The molecule has 140 valence electrons. The fourth-order valence-electron chi connectivity index (χ4n) is 2.98. The van der Waals surface area contributed by atoms with Crippen LogP contribution in [0.15, 0.2) is 17.1 Å². The van der Waals surface area contributed by atoms with Crippen LogP contribution in [0.4, 0.5) is 8.78 Å². The summed E-state index contributed by atoms with van der Waals surface area (Å²) >= 11 is 0. The number of alkyl halides is 1. The minimum atomic E-state index is -0.887. The lowest BCUT2D eigenvalue weighted by Crippen LogP contribution is -2.49. The van der Waals surface area contributed by atoms with E-state index >= 15 is 0 Å². The van der Waals surface area contributed by atoms with E-state index in [0.717, 1.165) is 4.57 Å². The predicted octanol–water partition coefficient (Wildman–Crippen LogP) is 2.33. The second-order valence-electron chi connectivity index (χ2n) is 6.91. The fraction of sp³-hybridized carbons (Fsp3) is 0.667. The number of hydrogen-bond donors (Lipinski definition) is 0. The molecule has 0 bridgehead atoms. The van der Waals surface area contributed by atoms with Gasteiger partial charge in [-0.2, -0.15) is 0 Å². The number of nitrogens with zero attached hydrogens (tertiary/aromatic N) is 2. The lowest BCUT2D eigenvalue weighted by atomic mass is 10.0. The van der Waals surface area contributed by atoms with Gasteiger partial charge in [-0.05, 0) is 37.3 Å². The molecule has 2 rings (SSSR count). The molecule has 5 nitrogen and oxygen atoms in total. The fourth-order valence-corrected chi connectivity index (χ4v) is 2.98. The summed E-state index contributed by atoms with van der Waals surface area (Å²) < 4.78 is 33.2. The molecular formula is C18H26F2N2O3. The molecule has 0 N–H and O–H groups in total. The van der Waals surface area contributed by atoms with Crippen molar-refractivity contribution in [2.45, 2.75) is 45.8 Å². The molecule has 1 aliphatic rings. The van der Waals surface area contributed by atoms with E-state index in [1.54, 1.807) is 6.92 Å². The first-order chi connectivity index (χ1) is 11.8. The second-order valence-corrected chi connectivity index (χ2v) is 6.91. The number of halogens is 2. The number of esters is 1. The Bertz CT molecular complexity index is 654. The number of carbonyl (C=O) groups excluding carboxylic acids is 1. The third kappa shape index (κ3) is 5.11. The lowest BCUT2D eigenvalue weighted by molar-refractivity contribution is -0.147. The van der Waals surface area contributed by atoms with Crippen molar-refractivity contribution in [1.29, 1.82) is 0 Å². The molecule has 0 amide bonds. The molecule has 1 aromatic rings. The Balaban J connectivity index is 2.23. The van der Waals surface area contributed by atoms with Crippen molar-refractivity contribution in [3.63, 3.8) is 0 Å². The summed E-state index contributed by atoms with van der Waals surface area (Å²) in [6.07, 6.45) is 1.62. The molecule has 1 fully saturated rings. The van der Waals surface area contributed by atoms with Crippen LogP contribution < -0.4 is 5.56 Å². The van der Waals surface area contributed by atoms with Crippen LogP contribution in [0.2, 0.25) is 0 Å². The van der Waals surface area contributed by atoms with Crippen molar-refractivity contribution in [3.05, 3.63) is 34.0 Å². The molecule has 0 aliphatic carbocycles. The van der Waals surface area contributed by atoms with Crippen LogP contribution in [0.5, 0.6) is 0 Å². The predicted molar refractivity (Wildman–Crippen MR) is 90.8 cm³/mol. The highest BCUT2D eigenvalue weighted by Crippen LogP contribution is 2.19. The summed E-state index contributed by atoms with van der Waals surface area (Å²) in [4.78, 5) is 26.4. The molecule has 0 aromatic carbocycles. The average molecular weight is 356 g/mol. The Morgan fingerprint density at radius 3 is 2.64 bits per heavy atom. The number of pyridine rings is 1. The first kappa shape index (κ1) is 19.6. The molecular weight excluding hydrogens is 330 g/mol. The molecule has 1 atom stereocenters. The zero-order valence-electron chi connectivity index (χ0n) is 15.0. The van der Waals surface area contributed by atoms with Crippen LogP contribution >= 0.6 is 0 Å². The van der Waals surface area contributed by atoms with E-state index in [-0.39, 0.29) is 12.5 Å². The highest BCUT2D eigenvalue weighted by atomic mass is 19.1.